The number of benzene rings is 3. The highest BCUT2D eigenvalue weighted by Gasteiger charge is 2.39. The Balaban J connectivity index is 1.36. The Morgan fingerprint density at radius 2 is 1.18 bits per heavy atom. The molecule has 0 radical (unpaired) electrons. The first-order valence-electron chi connectivity index (χ1n) is 13.5. The SMILES string of the molecule is CC1(C)c2cc(C=C(C#N)C#N)sc2-c2sc(-c3ccc(N(c4ccc(C(=O)O)cc4)c4ccc(C(=O)O)cc4)cc3)cc21. The molecule has 44 heavy (non-hydrogen) atoms. The summed E-state index contributed by atoms with van der Waals surface area (Å²) in [6, 6.07) is 29.3. The van der Waals surface area contributed by atoms with E-state index in [1.807, 2.05) is 41.3 Å². The normalized spacial score (nSPS) is 12.4. The quantitative estimate of drug-likeness (QED) is 0.175. The third-order valence-electron chi connectivity index (χ3n) is 7.72. The standard InChI is InChI=1S/C35H23N3O4S2/c1-35(2)28-16-27(15-20(18-36)19-37)43-31(28)32-29(35)17-30(44-32)21-3-9-24(10-4-21)38(25-11-5-22(6-12-25)33(39)40)26-13-7-23(8-14-26)34(41)42/h3-17H,1-2H3,(H,39,40)(H,41,42). The zero-order valence-corrected chi connectivity index (χ0v) is 25.2. The van der Waals surface area contributed by atoms with Gasteiger partial charge in [-0.05, 0) is 95.6 Å². The molecule has 0 aliphatic heterocycles. The molecule has 6 rings (SSSR count). The summed E-state index contributed by atoms with van der Waals surface area (Å²) in [6.07, 6.45) is 1.64. The highest BCUT2D eigenvalue weighted by molar-refractivity contribution is 7.24. The van der Waals surface area contributed by atoms with E-state index in [-0.39, 0.29) is 22.1 Å². The van der Waals surface area contributed by atoms with Gasteiger partial charge in [0.1, 0.15) is 17.7 Å². The van der Waals surface area contributed by atoms with Gasteiger partial charge in [0, 0.05) is 42.0 Å². The van der Waals surface area contributed by atoms with E-state index in [0.29, 0.717) is 0 Å². The maximum atomic E-state index is 11.4. The topological polar surface area (TPSA) is 125 Å². The Hall–Kier alpha value is -5.48. The van der Waals surface area contributed by atoms with Crippen LogP contribution in [-0.2, 0) is 5.41 Å². The van der Waals surface area contributed by atoms with E-state index < -0.39 is 11.9 Å². The number of nitrogens with zero attached hydrogens (tertiary/aromatic N) is 3. The molecule has 2 N–H and O–H groups in total. The molecule has 0 atom stereocenters. The van der Waals surface area contributed by atoms with Crippen molar-refractivity contribution in [1.82, 2.24) is 0 Å². The van der Waals surface area contributed by atoms with E-state index in [9.17, 15) is 30.3 Å². The molecule has 0 bridgehead atoms. The van der Waals surface area contributed by atoms with E-state index >= 15 is 0 Å². The monoisotopic (exact) mass is 613 g/mol. The zero-order valence-electron chi connectivity index (χ0n) is 23.5. The van der Waals surface area contributed by atoms with Crippen molar-refractivity contribution >= 4 is 57.8 Å². The van der Waals surface area contributed by atoms with Crippen LogP contribution in [0.25, 0.3) is 26.3 Å². The number of hydrogen-bond acceptors (Lipinski definition) is 7. The van der Waals surface area contributed by atoms with Crippen LogP contribution in [0.3, 0.4) is 0 Å². The maximum Gasteiger partial charge on any atom is 0.335 e. The lowest BCUT2D eigenvalue weighted by atomic mass is 9.83. The largest absolute Gasteiger partial charge is 0.478 e. The molecule has 1 aliphatic rings. The van der Waals surface area contributed by atoms with Crippen LogP contribution < -0.4 is 4.90 Å². The van der Waals surface area contributed by atoms with Gasteiger partial charge in [0.25, 0.3) is 0 Å². The Morgan fingerprint density at radius 3 is 1.66 bits per heavy atom. The van der Waals surface area contributed by atoms with E-state index in [1.165, 1.54) is 20.9 Å². The van der Waals surface area contributed by atoms with Gasteiger partial charge in [-0.2, -0.15) is 10.5 Å². The van der Waals surface area contributed by atoms with Crippen molar-refractivity contribution < 1.29 is 19.8 Å². The molecule has 0 spiro atoms. The molecule has 2 aromatic heterocycles. The first kappa shape index (κ1) is 28.6. The Labute approximate surface area is 261 Å². The number of carbonyl (C=O) groups is 2. The van der Waals surface area contributed by atoms with Crippen LogP contribution in [0.15, 0.2) is 90.5 Å². The number of carboxylic acid groups (broad SMARTS) is 2. The van der Waals surface area contributed by atoms with Crippen LogP contribution in [0, 0.1) is 22.7 Å². The minimum absolute atomic E-state index is 0.0830. The zero-order chi connectivity index (χ0) is 31.2. The predicted octanol–water partition coefficient (Wildman–Crippen LogP) is 9.08. The average Bonchev–Trinajstić information content (AvgIpc) is 3.70. The highest BCUT2D eigenvalue weighted by Crippen LogP contribution is 2.57. The summed E-state index contributed by atoms with van der Waals surface area (Å²) < 4.78 is 0. The van der Waals surface area contributed by atoms with Crippen molar-refractivity contribution in [2.75, 3.05) is 4.90 Å². The van der Waals surface area contributed by atoms with E-state index in [1.54, 1.807) is 77.3 Å². The third kappa shape index (κ3) is 4.95. The fraction of sp³-hybridized carbons (Fsp3) is 0.0857. The van der Waals surface area contributed by atoms with Gasteiger partial charge in [-0.3, -0.25) is 0 Å². The number of carboxylic acids is 2. The number of aromatic carboxylic acids is 2. The summed E-state index contributed by atoms with van der Waals surface area (Å²) in [4.78, 5) is 29.2. The van der Waals surface area contributed by atoms with Gasteiger partial charge in [0.05, 0.1) is 11.1 Å². The molecule has 5 aromatic rings. The van der Waals surface area contributed by atoms with Gasteiger partial charge in [0.15, 0.2) is 0 Å². The average molecular weight is 614 g/mol. The van der Waals surface area contributed by atoms with E-state index in [4.69, 9.17) is 0 Å². The molecule has 3 aromatic carbocycles. The molecular weight excluding hydrogens is 591 g/mol. The van der Waals surface area contributed by atoms with Crippen molar-refractivity contribution in [3.8, 4) is 32.3 Å². The van der Waals surface area contributed by atoms with Gasteiger partial charge >= 0.3 is 11.9 Å². The van der Waals surface area contributed by atoms with E-state index in [2.05, 4.69) is 26.0 Å². The molecule has 9 heteroatoms. The molecule has 0 fully saturated rings. The number of allylic oxidation sites excluding steroid dienone is 1. The smallest absolute Gasteiger partial charge is 0.335 e. The summed E-state index contributed by atoms with van der Waals surface area (Å²) in [5.74, 6) is -2.03. The summed E-state index contributed by atoms with van der Waals surface area (Å²) >= 11 is 3.31. The van der Waals surface area contributed by atoms with Crippen LogP contribution in [-0.4, -0.2) is 22.2 Å². The number of fused-ring (bicyclic) bond motifs is 3. The number of rotatable bonds is 7. The van der Waals surface area contributed by atoms with E-state index in [0.717, 1.165) is 32.4 Å². The van der Waals surface area contributed by atoms with Gasteiger partial charge in [-0.25, -0.2) is 9.59 Å². The molecule has 214 valence electrons. The van der Waals surface area contributed by atoms with Crippen LogP contribution in [0.4, 0.5) is 17.1 Å². The predicted molar refractivity (Wildman–Crippen MR) is 173 cm³/mol. The molecular formula is C35H23N3O4S2. The molecule has 0 saturated heterocycles. The van der Waals surface area contributed by atoms with Crippen molar-refractivity contribution in [3.05, 3.63) is 118 Å². The summed E-state index contributed by atoms with van der Waals surface area (Å²) in [5.41, 5.74) is 5.99. The third-order valence-corrected chi connectivity index (χ3v) is 10.1. The molecule has 1 aliphatic carbocycles. The minimum Gasteiger partial charge on any atom is -0.478 e. The van der Waals surface area contributed by atoms with Crippen molar-refractivity contribution in [2.24, 2.45) is 0 Å². The van der Waals surface area contributed by atoms with Crippen LogP contribution in [0.2, 0.25) is 0 Å². The molecule has 0 unspecified atom stereocenters. The Kier molecular flexibility index (Phi) is 7.14. The van der Waals surface area contributed by atoms with Crippen molar-refractivity contribution in [2.45, 2.75) is 19.3 Å². The lowest BCUT2D eigenvalue weighted by Gasteiger charge is -2.26. The van der Waals surface area contributed by atoms with Gasteiger partial charge in [-0.1, -0.05) is 26.0 Å². The second-order valence-corrected chi connectivity index (χ2v) is 12.9. The van der Waals surface area contributed by atoms with Gasteiger partial charge in [-0.15, -0.1) is 22.7 Å². The molecule has 2 heterocycles. The summed E-state index contributed by atoms with van der Waals surface area (Å²) in [6.45, 7) is 4.38. The lowest BCUT2D eigenvalue weighted by Crippen LogP contribution is -2.13. The maximum absolute atomic E-state index is 11.4. The Bertz CT molecular complexity index is 1980. The highest BCUT2D eigenvalue weighted by atomic mass is 32.1. The number of nitriles is 2. The number of hydrogen-bond donors (Lipinski definition) is 2. The van der Waals surface area contributed by atoms with Crippen LogP contribution in [0.1, 0.15) is 50.6 Å². The fourth-order valence-corrected chi connectivity index (χ4v) is 8.13. The summed E-state index contributed by atoms with van der Waals surface area (Å²) in [7, 11) is 0. The second kappa shape index (κ2) is 11.0. The first-order chi connectivity index (χ1) is 21.1. The first-order valence-corrected chi connectivity index (χ1v) is 15.1. The molecule has 7 nitrogen and oxygen atoms in total. The van der Waals surface area contributed by atoms with Crippen LogP contribution in [0.5, 0.6) is 0 Å². The number of thiophene rings is 2. The summed E-state index contributed by atoms with van der Waals surface area (Å²) in [5, 5.41) is 37.1. The van der Waals surface area contributed by atoms with Gasteiger partial charge in [0.2, 0.25) is 0 Å². The second-order valence-electron chi connectivity index (χ2n) is 10.7. The Morgan fingerprint density at radius 1 is 0.727 bits per heavy atom. The lowest BCUT2D eigenvalue weighted by molar-refractivity contribution is 0.0686. The van der Waals surface area contributed by atoms with Crippen LogP contribution >= 0.6 is 22.7 Å². The number of anilines is 3. The molecule has 0 saturated carbocycles. The molecule has 0 amide bonds. The van der Waals surface area contributed by atoms with Crippen molar-refractivity contribution in [1.29, 1.82) is 10.5 Å². The van der Waals surface area contributed by atoms with Gasteiger partial charge < -0.3 is 15.1 Å². The van der Waals surface area contributed by atoms with Crippen molar-refractivity contribution in [3.63, 3.8) is 0 Å². The minimum atomic E-state index is -1.01. The fourth-order valence-electron chi connectivity index (χ4n) is 5.39.